The van der Waals surface area contributed by atoms with E-state index in [0.717, 1.165) is 16.4 Å². The summed E-state index contributed by atoms with van der Waals surface area (Å²) in [7, 11) is -6.35. The van der Waals surface area contributed by atoms with Crippen LogP contribution in [0.25, 0.3) is 0 Å². The first-order chi connectivity index (χ1) is 13.8. The zero-order valence-electron chi connectivity index (χ0n) is 16.1. The standard InChI is InChI=1S/C16H22ClF3N4O4S2/c1-21-4-6-23(7-5-21)30(27,28)24-10-8-22(9-11-24)29(25,26)15-3-2-13(17)12-14(15)16(18,19)20/h2-3,12H,4-11H2,1H3. The molecule has 2 saturated heterocycles. The second-order valence-electron chi connectivity index (χ2n) is 7.15. The number of hydrogen-bond donors (Lipinski definition) is 0. The van der Waals surface area contributed by atoms with Gasteiger partial charge in [-0.1, -0.05) is 11.6 Å². The molecule has 2 aliphatic rings. The van der Waals surface area contributed by atoms with Crippen LogP contribution in [0.5, 0.6) is 0 Å². The van der Waals surface area contributed by atoms with Crippen LogP contribution in [0.4, 0.5) is 13.2 Å². The average Bonchev–Trinajstić information content (AvgIpc) is 2.67. The molecule has 2 aliphatic heterocycles. The lowest BCUT2D eigenvalue weighted by molar-refractivity contribution is -0.139. The highest BCUT2D eigenvalue weighted by Crippen LogP contribution is 2.37. The van der Waals surface area contributed by atoms with Gasteiger partial charge in [-0.05, 0) is 25.2 Å². The Hall–Kier alpha value is -0.960. The van der Waals surface area contributed by atoms with E-state index < -0.39 is 36.9 Å². The Kier molecular flexibility index (Phi) is 6.73. The van der Waals surface area contributed by atoms with E-state index >= 15 is 0 Å². The molecule has 0 N–H and O–H groups in total. The van der Waals surface area contributed by atoms with Crippen molar-refractivity contribution in [3.05, 3.63) is 28.8 Å². The number of likely N-dealkylation sites (N-methyl/N-ethyl adjacent to an activating group) is 1. The third-order valence-electron chi connectivity index (χ3n) is 5.18. The van der Waals surface area contributed by atoms with E-state index in [1.807, 2.05) is 11.9 Å². The summed E-state index contributed by atoms with van der Waals surface area (Å²) >= 11 is 5.62. The van der Waals surface area contributed by atoms with Gasteiger partial charge in [0.1, 0.15) is 0 Å². The first-order valence-electron chi connectivity index (χ1n) is 9.14. The maximum Gasteiger partial charge on any atom is 0.417 e. The van der Waals surface area contributed by atoms with Crippen LogP contribution in [0.1, 0.15) is 5.56 Å². The van der Waals surface area contributed by atoms with Crippen LogP contribution in [0, 0.1) is 0 Å². The first kappa shape index (κ1) is 23.7. The molecule has 0 bridgehead atoms. The predicted molar refractivity (Wildman–Crippen MR) is 105 cm³/mol. The quantitative estimate of drug-likeness (QED) is 0.632. The second kappa shape index (κ2) is 8.52. The maximum atomic E-state index is 13.3. The van der Waals surface area contributed by atoms with Crippen molar-refractivity contribution in [3.63, 3.8) is 0 Å². The Morgan fingerprint density at radius 1 is 0.833 bits per heavy atom. The lowest BCUT2D eigenvalue weighted by Crippen LogP contribution is -2.57. The summed E-state index contributed by atoms with van der Waals surface area (Å²) in [6, 6.07) is 2.48. The zero-order chi connectivity index (χ0) is 22.3. The van der Waals surface area contributed by atoms with E-state index in [9.17, 15) is 30.0 Å². The molecule has 8 nitrogen and oxygen atoms in total. The molecule has 14 heteroatoms. The summed E-state index contributed by atoms with van der Waals surface area (Å²) in [4.78, 5) is 1.11. The third kappa shape index (κ3) is 4.76. The van der Waals surface area contributed by atoms with Crippen molar-refractivity contribution in [2.75, 3.05) is 59.4 Å². The molecule has 170 valence electrons. The summed E-state index contributed by atoms with van der Waals surface area (Å²) in [5, 5.41) is -0.232. The van der Waals surface area contributed by atoms with E-state index in [-0.39, 0.29) is 31.2 Å². The Morgan fingerprint density at radius 3 is 1.80 bits per heavy atom. The van der Waals surface area contributed by atoms with Gasteiger partial charge in [-0.25, -0.2) is 8.42 Å². The number of piperazine rings is 2. The number of halogens is 4. The van der Waals surface area contributed by atoms with Crippen molar-refractivity contribution in [3.8, 4) is 0 Å². The molecule has 1 aromatic rings. The minimum atomic E-state index is -4.90. The molecule has 0 amide bonds. The van der Waals surface area contributed by atoms with Crippen molar-refractivity contribution >= 4 is 31.8 Å². The van der Waals surface area contributed by atoms with E-state index in [4.69, 9.17) is 11.6 Å². The van der Waals surface area contributed by atoms with Crippen LogP contribution in [-0.2, 0) is 26.4 Å². The van der Waals surface area contributed by atoms with Gasteiger partial charge in [-0.15, -0.1) is 0 Å². The van der Waals surface area contributed by atoms with Crippen molar-refractivity contribution in [2.45, 2.75) is 11.1 Å². The van der Waals surface area contributed by atoms with Gasteiger partial charge in [0.25, 0.3) is 10.2 Å². The van der Waals surface area contributed by atoms with Crippen molar-refractivity contribution in [2.24, 2.45) is 0 Å². The summed E-state index contributed by atoms with van der Waals surface area (Å²) < 4.78 is 94.7. The molecular formula is C16H22ClF3N4O4S2. The van der Waals surface area contributed by atoms with Crippen LogP contribution in [-0.4, -0.2) is 94.1 Å². The van der Waals surface area contributed by atoms with Gasteiger partial charge < -0.3 is 4.90 Å². The van der Waals surface area contributed by atoms with Crippen molar-refractivity contribution in [1.29, 1.82) is 0 Å². The Labute approximate surface area is 179 Å². The van der Waals surface area contributed by atoms with Gasteiger partial charge >= 0.3 is 6.18 Å². The SMILES string of the molecule is CN1CCN(S(=O)(=O)N2CCN(S(=O)(=O)c3ccc(Cl)cc3C(F)(F)F)CC2)CC1. The molecule has 0 radical (unpaired) electrons. The fourth-order valence-electron chi connectivity index (χ4n) is 3.41. The Bertz CT molecular complexity index is 988. The molecule has 0 saturated carbocycles. The van der Waals surface area contributed by atoms with Crippen molar-refractivity contribution < 1.29 is 30.0 Å². The highest BCUT2D eigenvalue weighted by molar-refractivity contribution is 7.89. The first-order valence-corrected chi connectivity index (χ1v) is 12.4. The van der Waals surface area contributed by atoms with E-state index in [0.29, 0.717) is 32.2 Å². The molecule has 2 heterocycles. The Morgan fingerprint density at radius 2 is 1.30 bits per heavy atom. The van der Waals surface area contributed by atoms with Crippen LogP contribution < -0.4 is 0 Å². The lowest BCUT2D eigenvalue weighted by atomic mass is 10.2. The summed E-state index contributed by atoms with van der Waals surface area (Å²) in [6.45, 7) is 1.08. The largest absolute Gasteiger partial charge is 0.417 e. The molecule has 0 aromatic heterocycles. The van der Waals surface area contributed by atoms with Gasteiger partial charge in [0, 0.05) is 57.4 Å². The minimum Gasteiger partial charge on any atom is -0.304 e. The molecule has 0 aliphatic carbocycles. The van der Waals surface area contributed by atoms with Gasteiger partial charge in [-0.2, -0.15) is 34.5 Å². The number of rotatable bonds is 4. The molecular weight excluding hydrogens is 469 g/mol. The highest BCUT2D eigenvalue weighted by atomic mass is 35.5. The van der Waals surface area contributed by atoms with E-state index in [1.165, 1.54) is 8.61 Å². The normalized spacial score (nSPS) is 21.8. The number of benzene rings is 1. The molecule has 3 rings (SSSR count). The minimum absolute atomic E-state index is 0.136. The number of nitrogens with zero attached hydrogens (tertiary/aromatic N) is 4. The molecule has 2 fully saturated rings. The fraction of sp³-hybridized carbons (Fsp3) is 0.625. The van der Waals surface area contributed by atoms with Gasteiger partial charge in [0.15, 0.2) is 0 Å². The van der Waals surface area contributed by atoms with Crippen LogP contribution >= 0.6 is 11.6 Å². The van der Waals surface area contributed by atoms with Crippen LogP contribution in [0.3, 0.4) is 0 Å². The van der Waals surface area contributed by atoms with Crippen molar-refractivity contribution in [1.82, 2.24) is 17.8 Å². The van der Waals surface area contributed by atoms with E-state index in [1.54, 1.807) is 0 Å². The third-order valence-corrected chi connectivity index (χ3v) is 9.40. The van der Waals surface area contributed by atoms with Crippen LogP contribution in [0.2, 0.25) is 5.02 Å². The number of hydrogen-bond acceptors (Lipinski definition) is 5. The summed E-state index contributed by atoms with van der Waals surface area (Å²) in [5.41, 5.74) is -1.34. The Balaban J connectivity index is 1.76. The number of alkyl halides is 3. The molecule has 1 aromatic carbocycles. The number of sulfonamides is 1. The monoisotopic (exact) mass is 490 g/mol. The lowest BCUT2D eigenvalue weighted by Gasteiger charge is -2.38. The topological polar surface area (TPSA) is 81.2 Å². The maximum absolute atomic E-state index is 13.3. The van der Waals surface area contributed by atoms with Gasteiger partial charge in [-0.3, -0.25) is 0 Å². The predicted octanol–water partition coefficient (Wildman–Crippen LogP) is 1.16. The summed E-state index contributed by atoms with van der Waals surface area (Å²) in [5.74, 6) is 0. The van der Waals surface area contributed by atoms with Gasteiger partial charge in [0.2, 0.25) is 10.0 Å². The summed E-state index contributed by atoms with van der Waals surface area (Å²) in [6.07, 6.45) is -4.90. The van der Waals surface area contributed by atoms with E-state index in [2.05, 4.69) is 0 Å². The molecule has 0 unspecified atom stereocenters. The fourth-order valence-corrected chi connectivity index (χ4v) is 6.77. The smallest absolute Gasteiger partial charge is 0.304 e. The molecule has 30 heavy (non-hydrogen) atoms. The van der Waals surface area contributed by atoms with Crippen LogP contribution in [0.15, 0.2) is 23.1 Å². The highest BCUT2D eigenvalue weighted by Gasteiger charge is 2.41. The average molecular weight is 491 g/mol. The second-order valence-corrected chi connectivity index (χ2v) is 11.4. The zero-order valence-corrected chi connectivity index (χ0v) is 18.5. The molecule has 0 atom stereocenters. The van der Waals surface area contributed by atoms with Gasteiger partial charge in [0.05, 0.1) is 10.5 Å². The molecule has 0 spiro atoms.